The predicted molar refractivity (Wildman–Crippen MR) is 104 cm³/mol. The van der Waals surface area contributed by atoms with Gasteiger partial charge in [-0.3, -0.25) is 9.59 Å². The van der Waals surface area contributed by atoms with Crippen molar-refractivity contribution in [3.8, 4) is 17.2 Å². The van der Waals surface area contributed by atoms with Crippen LogP contribution in [0.4, 0.5) is 0 Å². The number of carbonyl (C=O) groups is 2. The first-order valence-electron chi connectivity index (χ1n) is 8.21. The lowest BCUT2D eigenvalue weighted by Gasteiger charge is -2.09. The lowest BCUT2D eigenvalue weighted by Crippen LogP contribution is -2.14. The Morgan fingerprint density at radius 2 is 1.59 bits per heavy atom. The summed E-state index contributed by atoms with van der Waals surface area (Å²) in [5, 5.41) is 0. The molecule has 0 fully saturated rings. The summed E-state index contributed by atoms with van der Waals surface area (Å²) < 4.78 is 21.3. The first-order chi connectivity index (χ1) is 13.0. The van der Waals surface area contributed by atoms with Crippen LogP contribution in [0, 0.1) is 0 Å². The fourth-order valence-electron chi connectivity index (χ4n) is 2.40. The zero-order valence-electron chi connectivity index (χ0n) is 15.4. The third kappa shape index (κ3) is 5.99. The summed E-state index contributed by atoms with van der Waals surface area (Å²) in [5.74, 6) is 1.20. The van der Waals surface area contributed by atoms with Crippen molar-refractivity contribution in [2.24, 2.45) is 0 Å². The summed E-state index contributed by atoms with van der Waals surface area (Å²) in [5.41, 5.74) is 1.32. The molecule has 0 bridgehead atoms. The maximum absolute atomic E-state index is 12.2. The van der Waals surface area contributed by atoms with Gasteiger partial charge in [0.1, 0.15) is 17.2 Å². The monoisotopic (exact) mass is 436 g/mol. The van der Waals surface area contributed by atoms with E-state index >= 15 is 0 Å². The van der Waals surface area contributed by atoms with Gasteiger partial charge in [0.2, 0.25) is 0 Å². The number of hydrogen-bond acceptors (Lipinski definition) is 6. The normalized spacial score (nSPS) is 10.2. The van der Waals surface area contributed by atoms with Crippen LogP contribution in [-0.4, -0.2) is 39.7 Å². The maximum atomic E-state index is 12.2. The van der Waals surface area contributed by atoms with Crippen molar-refractivity contribution in [2.45, 2.75) is 12.8 Å². The largest absolute Gasteiger partial charge is 0.497 e. The number of esters is 1. The second-order valence-corrected chi connectivity index (χ2v) is 6.51. The Morgan fingerprint density at radius 3 is 2.15 bits per heavy atom. The van der Waals surface area contributed by atoms with Crippen molar-refractivity contribution in [2.75, 3.05) is 27.9 Å². The van der Waals surface area contributed by atoms with Gasteiger partial charge in [0, 0.05) is 18.1 Å². The number of benzene rings is 2. The van der Waals surface area contributed by atoms with E-state index in [2.05, 4.69) is 15.9 Å². The number of carbonyl (C=O) groups excluding carboxylic acids is 2. The Bertz CT molecular complexity index is 796. The zero-order valence-corrected chi connectivity index (χ0v) is 17.0. The van der Waals surface area contributed by atoms with E-state index in [1.54, 1.807) is 45.6 Å². The van der Waals surface area contributed by atoms with E-state index in [1.165, 1.54) is 0 Å². The Balaban J connectivity index is 1.87. The van der Waals surface area contributed by atoms with E-state index < -0.39 is 5.97 Å². The molecule has 0 N–H and O–H groups in total. The summed E-state index contributed by atoms with van der Waals surface area (Å²) in [6.45, 7) is -0.307. The quantitative estimate of drug-likeness (QED) is 0.439. The van der Waals surface area contributed by atoms with Crippen molar-refractivity contribution in [1.29, 1.82) is 0 Å². The van der Waals surface area contributed by atoms with Crippen molar-refractivity contribution in [3.63, 3.8) is 0 Å². The average Bonchev–Trinajstić information content (AvgIpc) is 2.69. The molecule has 0 aliphatic rings. The van der Waals surface area contributed by atoms with Crippen molar-refractivity contribution in [3.05, 3.63) is 52.0 Å². The number of Topliss-reactive ketones (excluding diaryl/α,β-unsaturated/α-hetero) is 1. The summed E-state index contributed by atoms with van der Waals surface area (Å²) in [7, 11) is 4.67. The highest BCUT2D eigenvalue weighted by atomic mass is 79.9. The molecule has 0 atom stereocenters. The van der Waals surface area contributed by atoms with Crippen LogP contribution in [0.25, 0.3) is 0 Å². The number of methoxy groups -OCH3 is 3. The van der Waals surface area contributed by atoms with Gasteiger partial charge in [-0.25, -0.2) is 0 Å². The molecule has 0 radical (unpaired) electrons. The third-order valence-electron chi connectivity index (χ3n) is 3.87. The molecule has 0 aromatic heterocycles. The molecule has 0 saturated heterocycles. The molecule has 7 heteroatoms. The average molecular weight is 437 g/mol. The van der Waals surface area contributed by atoms with Crippen LogP contribution in [0.5, 0.6) is 17.2 Å². The molecule has 0 heterocycles. The van der Waals surface area contributed by atoms with E-state index in [9.17, 15) is 9.59 Å². The first-order valence-corrected chi connectivity index (χ1v) is 9.00. The maximum Gasteiger partial charge on any atom is 0.306 e. The van der Waals surface area contributed by atoms with Crippen LogP contribution in [-0.2, 0) is 16.0 Å². The standard InChI is InChI=1S/C20H21BrO6/c1-24-15-8-13(9-16(11-15)25-2)4-7-20(23)27-12-18(22)14-5-6-19(26-3)17(21)10-14/h5-6,8-11H,4,7,12H2,1-3H3. The summed E-state index contributed by atoms with van der Waals surface area (Å²) in [6, 6.07) is 10.4. The van der Waals surface area contributed by atoms with Gasteiger partial charge in [0.25, 0.3) is 0 Å². The number of aryl methyl sites for hydroxylation is 1. The van der Waals surface area contributed by atoms with Gasteiger partial charge in [-0.1, -0.05) is 0 Å². The summed E-state index contributed by atoms with van der Waals surface area (Å²) in [4.78, 5) is 24.1. The Kier molecular flexibility index (Phi) is 7.67. The van der Waals surface area contributed by atoms with Gasteiger partial charge in [-0.2, -0.15) is 0 Å². The predicted octanol–water partition coefficient (Wildman–Crippen LogP) is 3.83. The number of ether oxygens (including phenoxy) is 4. The van der Waals surface area contributed by atoms with Gasteiger partial charge in [-0.15, -0.1) is 0 Å². The molecule has 0 amide bonds. The van der Waals surface area contributed by atoms with Crippen LogP contribution in [0.1, 0.15) is 22.3 Å². The molecule has 2 aromatic rings. The van der Waals surface area contributed by atoms with E-state index in [4.69, 9.17) is 18.9 Å². The first kappa shape index (κ1) is 20.8. The zero-order chi connectivity index (χ0) is 19.8. The van der Waals surface area contributed by atoms with E-state index in [-0.39, 0.29) is 18.8 Å². The molecule has 0 spiro atoms. The minimum Gasteiger partial charge on any atom is -0.497 e. The van der Waals surface area contributed by atoms with Gasteiger partial charge in [-0.05, 0) is 58.2 Å². The molecule has 0 aliphatic carbocycles. The van der Waals surface area contributed by atoms with E-state index in [0.29, 0.717) is 33.7 Å². The lowest BCUT2D eigenvalue weighted by atomic mass is 10.1. The highest BCUT2D eigenvalue weighted by Gasteiger charge is 2.13. The second-order valence-electron chi connectivity index (χ2n) is 5.65. The highest BCUT2D eigenvalue weighted by Crippen LogP contribution is 2.26. The summed E-state index contributed by atoms with van der Waals surface area (Å²) in [6.07, 6.45) is 0.602. The smallest absolute Gasteiger partial charge is 0.306 e. The molecule has 6 nitrogen and oxygen atoms in total. The second kappa shape index (κ2) is 9.97. The molecule has 27 heavy (non-hydrogen) atoms. The van der Waals surface area contributed by atoms with Crippen molar-refractivity contribution in [1.82, 2.24) is 0 Å². The highest BCUT2D eigenvalue weighted by molar-refractivity contribution is 9.10. The molecule has 0 unspecified atom stereocenters. The minimum absolute atomic E-state index is 0.149. The fourth-order valence-corrected chi connectivity index (χ4v) is 2.94. The number of hydrogen-bond donors (Lipinski definition) is 0. The van der Waals surface area contributed by atoms with Gasteiger partial charge < -0.3 is 18.9 Å². The molecule has 0 aliphatic heterocycles. The van der Waals surface area contributed by atoms with E-state index in [1.807, 2.05) is 12.1 Å². The number of rotatable bonds is 9. The van der Waals surface area contributed by atoms with Crippen molar-refractivity contribution >= 4 is 27.7 Å². The SMILES string of the molecule is COc1cc(CCC(=O)OCC(=O)c2ccc(OC)c(Br)c2)cc(OC)c1. The Hall–Kier alpha value is -2.54. The molecule has 0 saturated carbocycles. The lowest BCUT2D eigenvalue weighted by molar-refractivity contribution is -0.142. The van der Waals surface area contributed by atoms with Gasteiger partial charge in [0.05, 0.1) is 25.8 Å². The van der Waals surface area contributed by atoms with Crippen molar-refractivity contribution < 1.29 is 28.5 Å². The molecular weight excluding hydrogens is 416 g/mol. The topological polar surface area (TPSA) is 71.1 Å². The van der Waals surface area contributed by atoms with E-state index in [0.717, 1.165) is 5.56 Å². The molecule has 2 rings (SSSR count). The molecule has 2 aromatic carbocycles. The van der Waals surface area contributed by atoms with Crippen LogP contribution in [0.3, 0.4) is 0 Å². The van der Waals surface area contributed by atoms with Crippen LogP contribution < -0.4 is 14.2 Å². The Labute approximate surface area is 166 Å². The Morgan fingerprint density at radius 1 is 0.926 bits per heavy atom. The molecular formula is C20H21BrO6. The fraction of sp³-hybridized carbons (Fsp3) is 0.300. The summed E-state index contributed by atoms with van der Waals surface area (Å²) >= 11 is 3.32. The molecule has 144 valence electrons. The van der Waals surface area contributed by atoms with Crippen LogP contribution in [0.15, 0.2) is 40.9 Å². The van der Waals surface area contributed by atoms with Gasteiger partial charge in [0.15, 0.2) is 12.4 Å². The van der Waals surface area contributed by atoms with Crippen LogP contribution >= 0.6 is 15.9 Å². The number of ketones is 1. The minimum atomic E-state index is -0.447. The number of halogens is 1. The third-order valence-corrected chi connectivity index (χ3v) is 4.49. The van der Waals surface area contributed by atoms with Gasteiger partial charge >= 0.3 is 5.97 Å². The van der Waals surface area contributed by atoms with Crippen LogP contribution in [0.2, 0.25) is 0 Å².